The predicted molar refractivity (Wildman–Crippen MR) is 101 cm³/mol. The first-order valence-corrected chi connectivity index (χ1v) is 11.3. The predicted octanol–water partition coefficient (Wildman–Crippen LogP) is 5.83. The lowest BCUT2D eigenvalue weighted by molar-refractivity contribution is -0.185. The Hall–Kier alpha value is -2.01. The van der Waals surface area contributed by atoms with E-state index in [2.05, 4.69) is 4.18 Å². The van der Waals surface area contributed by atoms with Gasteiger partial charge in [-0.3, -0.25) is 4.18 Å². The minimum atomic E-state index is -4.80. The SMILES string of the molecule is CS(=O)(=O)OCc1ccc2ccc(O[C@H]3CC[C@@H](C(F)(F)F)CC3)c(C(F)(F)F)c2c1. The van der Waals surface area contributed by atoms with E-state index < -0.39 is 52.4 Å². The molecule has 1 aliphatic rings. The van der Waals surface area contributed by atoms with Gasteiger partial charge in [-0.2, -0.15) is 34.8 Å². The third-order valence-corrected chi connectivity index (χ3v) is 5.75. The van der Waals surface area contributed by atoms with Gasteiger partial charge in [0, 0.05) is 0 Å². The van der Waals surface area contributed by atoms with Crippen LogP contribution in [0, 0.1) is 5.92 Å². The summed E-state index contributed by atoms with van der Waals surface area (Å²) in [5.74, 6) is -1.93. The Labute approximate surface area is 175 Å². The maximum absolute atomic E-state index is 13.9. The number of hydrogen-bond donors (Lipinski definition) is 0. The summed E-state index contributed by atoms with van der Waals surface area (Å²) in [6.45, 7) is -0.432. The highest BCUT2D eigenvalue weighted by Crippen LogP contribution is 2.44. The normalized spacial score (nSPS) is 20.7. The summed E-state index contributed by atoms with van der Waals surface area (Å²) in [5.41, 5.74) is -0.838. The van der Waals surface area contributed by atoms with Crippen molar-refractivity contribution in [2.45, 2.75) is 50.7 Å². The molecule has 0 bridgehead atoms. The van der Waals surface area contributed by atoms with Crippen molar-refractivity contribution < 1.29 is 43.7 Å². The van der Waals surface area contributed by atoms with E-state index in [1.807, 2.05) is 0 Å². The standard InChI is InChI=1S/C20H20F6O4S/c1-31(27,28)29-11-12-2-3-13-4-9-17(18(16(13)10-12)20(24,25)26)30-15-7-5-14(6-8-15)19(21,22)23/h2-4,9-10,14-15H,5-8,11H2,1H3/t14-,15+. The van der Waals surface area contributed by atoms with E-state index >= 15 is 0 Å². The summed E-state index contributed by atoms with van der Waals surface area (Å²) < 4.78 is 113. The van der Waals surface area contributed by atoms with Gasteiger partial charge in [0.05, 0.1) is 24.9 Å². The molecule has 3 rings (SSSR count). The molecular weight excluding hydrogens is 450 g/mol. The molecule has 0 aromatic heterocycles. The van der Waals surface area contributed by atoms with Crippen LogP contribution >= 0.6 is 0 Å². The topological polar surface area (TPSA) is 52.6 Å². The van der Waals surface area contributed by atoms with Crippen LogP contribution in [0.1, 0.15) is 36.8 Å². The molecular formula is C20H20F6O4S. The molecule has 31 heavy (non-hydrogen) atoms. The van der Waals surface area contributed by atoms with E-state index in [1.165, 1.54) is 24.3 Å². The van der Waals surface area contributed by atoms with E-state index in [1.54, 1.807) is 0 Å². The number of rotatable bonds is 5. The average Bonchev–Trinajstić information content (AvgIpc) is 2.64. The summed E-state index contributed by atoms with van der Waals surface area (Å²) in [6.07, 6.45) is -9.44. The van der Waals surface area contributed by atoms with Crippen LogP contribution in [0.25, 0.3) is 10.8 Å². The third-order valence-electron chi connectivity index (χ3n) is 5.20. The molecule has 0 amide bonds. The molecule has 1 saturated carbocycles. The quantitative estimate of drug-likeness (QED) is 0.407. The second-order valence-corrected chi connectivity index (χ2v) is 9.24. The summed E-state index contributed by atoms with van der Waals surface area (Å²) in [6, 6.07) is 6.61. The van der Waals surface area contributed by atoms with Gasteiger partial charge in [-0.15, -0.1) is 0 Å². The highest BCUT2D eigenvalue weighted by Gasteiger charge is 2.42. The molecule has 0 atom stereocenters. The molecule has 0 unspecified atom stereocenters. The Bertz CT molecular complexity index is 1040. The van der Waals surface area contributed by atoms with Crippen LogP contribution in [0.4, 0.5) is 26.3 Å². The van der Waals surface area contributed by atoms with Gasteiger partial charge in [0.25, 0.3) is 10.1 Å². The molecule has 0 radical (unpaired) electrons. The van der Waals surface area contributed by atoms with Crippen LogP contribution in [0.2, 0.25) is 0 Å². The van der Waals surface area contributed by atoms with Crippen LogP contribution in [0.15, 0.2) is 30.3 Å². The molecule has 0 heterocycles. The fraction of sp³-hybridized carbons (Fsp3) is 0.500. The van der Waals surface area contributed by atoms with Crippen molar-refractivity contribution in [3.8, 4) is 5.75 Å². The smallest absolute Gasteiger partial charge is 0.420 e. The monoisotopic (exact) mass is 470 g/mol. The van der Waals surface area contributed by atoms with Crippen LogP contribution in [0.5, 0.6) is 5.75 Å². The first-order chi connectivity index (χ1) is 14.2. The summed E-state index contributed by atoms with van der Waals surface area (Å²) >= 11 is 0. The Morgan fingerprint density at radius 1 is 0.968 bits per heavy atom. The maximum atomic E-state index is 13.9. The fourth-order valence-electron chi connectivity index (χ4n) is 3.69. The maximum Gasteiger partial charge on any atom is 0.420 e. The summed E-state index contributed by atoms with van der Waals surface area (Å²) in [5, 5.41) is 0.0483. The van der Waals surface area contributed by atoms with Gasteiger partial charge in [-0.1, -0.05) is 18.2 Å². The Morgan fingerprint density at radius 2 is 1.58 bits per heavy atom. The molecule has 172 valence electrons. The average molecular weight is 470 g/mol. The van der Waals surface area contributed by atoms with Gasteiger partial charge < -0.3 is 4.74 Å². The van der Waals surface area contributed by atoms with E-state index in [0.29, 0.717) is 0 Å². The molecule has 0 saturated heterocycles. The van der Waals surface area contributed by atoms with Crippen molar-refractivity contribution >= 4 is 20.9 Å². The number of benzene rings is 2. The summed E-state index contributed by atoms with van der Waals surface area (Å²) in [4.78, 5) is 0. The van der Waals surface area contributed by atoms with Gasteiger partial charge in [-0.25, -0.2) is 0 Å². The number of fused-ring (bicyclic) bond motifs is 1. The number of alkyl halides is 6. The zero-order chi connectivity index (χ0) is 23.0. The fourth-order valence-corrected chi connectivity index (χ4v) is 4.04. The van der Waals surface area contributed by atoms with Crippen molar-refractivity contribution in [2.75, 3.05) is 6.26 Å². The Morgan fingerprint density at radius 3 is 2.13 bits per heavy atom. The van der Waals surface area contributed by atoms with Gasteiger partial charge >= 0.3 is 12.4 Å². The number of hydrogen-bond acceptors (Lipinski definition) is 4. The van der Waals surface area contributed by atoms with E-state index in [4.69, 9.17) is 4.74 Å². The van der Waals surface area contributed by atoms with Crippen LogP contribution in [0.3, 0.4) is 0 Å². The van der Waals surface area contributed by atoms with Crippen molar-refractivity contribution in [2.24, 2.45) is 5.92 Å². The lowest BCUT2D eigenvalue weighted by Crippen LogP contribution is -2.32. The molecule has 11 heteroatoms. The minimum Gasteiger partial charge on any atom is -0.490 e. The van der Waals surface area contributed by atoms with E-state index in [9.17, 15) is 34.8 Å². The van der Waals surface area contributed by atoms with Crippen molar-refractivity contribution in [1.82, 2.24) is 0 Å². The molecule has 2 aromatic rings. The summed E-state index contributed by atoms with van der Waals surface area (Å²) in [7, 11) is -3.78. The van der Waals surface area contributed by atoms with Gasteiger partial charge in [-0.05, 0) is 54.2 Å². The van der Waals surface area contributed by atoms with E-state index in [-0.39, 0.29) is 42.0 Å². The zero-order valence-electron chi connectivity index (χ0n) is 16.4. The van der Waals surface area contributed by atoms with Crippen LogP contribution in [-0.4, -0.2) is 27.0 Å². The van der Waals surface area contributed by atoms with Crippen LogP contribution < -0.4 is 4.74 Å². The second kappa shape index (κ2) is 8.50. The first-order valence-electron chi connectivity index (χ1n) is 9.44. The largest absolute Gasteiger partial charge is 0.490 e. The first kappa shape index (κ1) is 23.6. The van der Waals surface area contributed by atoms with Crippen LogP contribution in [-0.2, 0) is 27.1 Å². The molecule has 2 aromatic carbocycles. The lowest BCUT2D eigenvalue weighted by Gasteiger charge is -2.31. The molecule has 1 fully saturated rings. The molecule has 1 aliphatic carbocycles. The van der Waals surface area contributed by atoms with Gasteiger partial charge in [0.15, 0.2) is 0 Å². The zero-order valence-corrected chi connectivity index (χ0v) is 17.2. The van der Waals surface area contributed by atoms with Gasteiger partial charge in [0.1, 0.15) is 11.3 Å². The second-order valence-electron chi connectivity index (χ2n) is 7.59. The molecule has 4 nitrogen and oxygen atoms in total. The van der Waals surface area contributed by atoms with Gasteiger partial charge in [0.2, 0.25) is 0 Å². The number of ether oxygens (including phenoxy) is 1. The highest BCUT2D eigenvalue weighted by molar-refractivity contribution is 7.85. The number of halogens is 6. The minimum absolute atomic E-state index is 0.00174. The molecule has 0 N–H and O–H groups in total. The highest BCUT2D eigenvalue weighted by atomic mass is 32.2. The van der Waals surface area contributed by atoms with Crippen molar-refractivity contribution in [3.05, 3.63) is 41.5 Å². The third kappa shape index (κ3) is 6.03. The molecule has 0 spiro atoms. The van der Waals surface area contributed by atoms with E-state index in [0.717, 1.165) is 12.3 Å². The Balaban J connectivity index is 1.90. The lowest BCUT2D eigenvalue weighted by atomic mass is 9.87. The van der Waals surface area contributed by atoms with Crippen molar-refractivity contribution in [1.29, 1.82) is 0 Å². The Kier molecular flexibility index (Phi) is 6.48. The molecule has 0 aliphatic heterocycles. The van der Waals surface area contributed by atoms with Crippen molar-refractivity contribution in [3.63, 3.8) is 0 Å².